The molecule has 0 radical (unpaired) electrons. The number of hydrogen-bond donors (Lipinski definition) is 1. The Kier molecular flexibility index (Phi) is 7.67. The number of benzene rings is 3. The van der Waals surface area contributed by atoms with E-state index >= 15 is 0 Å². The first kappa shape index (κ1) is 27.7. The molecule has 8 nitrogen and oxygen atoms in total. The number of amides is 1. The molecule has 4 aromatic rings. The van der Waals surface area contributed by atoms with Crippen LogP contribution in [0.4, 0.5) is 9.52 Å². The van der Waals surface area contributed by atoms with Gasteiger partial charge in [-0.05, 0) is 60.9 Å². The molecule has 0 saturated carbocycles. The minimum Gasteiger partial charge on any atom is -0.507 e. The van der Waals surface area contributed by atoms with Crippen LogP contribution in [0.3, 0.4) is 0 Å². The van der Waals surface area contributed by atoms with E-state index in [0.29, 0.717) is 34.7 Å². The quantitative estimate of drug-likeness (QED) is 0.127. The summed E-state index contributed by atoms with van der Waals surface area (Å²) in [5.41, 5.74) is 2.43. The number of methoxy groups -OCH3 is 1. The highest BCUT2D eigenvalue weighted by Gasteiger charge is 2.48. The van der Waals surface area contributed by atoms with E-state index in [1.165, 1.54) is 31.4 Å². The molecule has 1 fully saturated rings. The van der Waals surface area contributed by atoms with Crippen LogP contribution in [0.5, 0.6) is 5.75 Å². The number of aromatic nitrogens is 1. The summed E-state index contributed by atoms with van der Waals surface area (Å²) in [6.07, 6.45) is 0. The van der Waals surface area contributed by atoms with Crippen molar-refractivity contribution in [2.75, 3.05) is 12.0 Å². The molecule has 1 amide bonds. The lowest BCUT2D eigenvalue weighted by atomic mass is 9.94. The fourth-order valence-corrected chi connectivity index (χ4v) is 5.65. The summed E-state index contributed by atoms with van der Waals surface area (Å²) < 4.78 is 24.5. The number of anilines is 1. The van der Waals surface area contributed by atoms with Crippen molar-refractivity contribution in [2.24, 2.45) is 0 Å². The summed E-state index contributed by atoms with van der Waals surface area (Å²) in [7, 11) is 1.23. The first-order valence-corrected chi connectivity index (χ1v) is 13.4. The Balaban J connectivity index is 1.57. The molecule has 3 aromatic carbocycles. The first-order valence-electron chi connectivity index (χ1n) is 12.6. The Hall–Kier alpha value is -4.83. The predicted octanol–water partition coefficient (Wildman–Crippen LogP) is 5.89. The Bertz CT molecular complexity index is 1680. The van der Waals surface area contributed by atoms with Crippen molar-refractivity contribution in [3.63, 3.8) is 0 Å². The zero-order valence-corrected chi connectivity index (χ0v) is 23.2. The first-order chi connectivity index (χ1) is 19.7. The van der Waals surface area contributed by atoms with Gasteiger partial charge in [0.2, 0.25) is 0 Å². The smallest absolute Gasteiger partial charge is 0.350 e. The second-order valence-electron chi connectivity index (χ2n) is 9.37. The molecule has 0 aliphatic carbocycles. The Morgan fingerprint density at radius 3 is 2.41 bits per heavy atom. The van der Waals surface area contributed by atoms with E-state index in [9.17, 15) is 23.9 Å². The van der Waals surface area contributed by atoms with E-state index in [4.69, 9.17) is 9.47 Å². The van der Waals surface area contributed by atoms with E-state index in [0.717, 1.165) is 21.8 Å². The molecule has 10 heteroatoms. The van der Waals surface area contributed by atoms with Gasteiger partial charge in [0.15, 0.2) is 5.13 Å². The van der Waals surface area contributed by atoms with Crippen LogP contribution < -0.4 is 9.64 Å². The van der Waals surface area contributed by atoms with Crippen molar-refractivity contribution in [1.82, 2.24) is 4.98 Å². The van der Waals surface area contributed by atoms with Gasteiger partial charge < -0.3 is 14.6 Å². The molecular formula is C31H25FN2O6S. The summed E-state index contributed by atoms with van der Waals surface area (Å²) in [5.74, 6) is -2.85. The number of ketones is 1. The summed E-state index contributed by atoms with van der Waals surface area (Å²) in [4.78, 5) is 44.7. The molecule has 1 N–H and O–H groups in total. The minimum atomic E-state index is -1.12. The van der Waals surface area contributed by atoms with Crippen molar-refractivity contribution in [2.45, 2.75) is 26.5 Å². The number of aliphatic hydroxyl groups excluding tert-OH is 1. The zero-order chi connectivity index (χ0) is 29.3. The van der Waals surface area contributed by atoms with Gasteiger partial charge in [0.25, 0.3) is 5.78 Å². The van der Waals surface area contributed by atoms with E-state index in [2.05, 4.69) is 4.98 Å². The van der Waals surface area contributed by atoms with Gasteiger partial charge in [-0.15, -0.1) is 0 Å². The van der Waals surface area contributed by atoms with Gasteiger partial charge in [0, 0.05) is 5.56 Å². The second-order valence-corrected chi connectivity index (χ2v) is 10.4. The number of halogens is 1. The standard InChI is InChI=1S/C31H25FN2O6S/c1-17-15-22(40-16-19-7-5-4-6-8-19)13-14-23(17)26(35)24-25(20-9-11-21(32)12-10-20)34(29(37)27(24)36)31-33-18(2)28(41-31)30(38)39-3/h4-15,25,35H,16H2,1-3H3/b26-24+. The Morgan fingerprint density at radius 2 is 1.76 bits per heavy atom. The third-order valence-electron chi connectivity index (χ3n) is 6.69. The summed E-state index contributed by atoms with van der Waals surface area (Å²) in [6.45, 7) is 3.68. The summed E-state index contributed by atoms with van der Waals surface area (Å²) >= 11 is 0.887. The maximum absolute atomic E-state index is 13.8. The summed E-state index contributed by atoms with van der Waals surface area (Å²) in [6, 6.07) is 18.8. The topological polar surface area (TPSA) is 106 Å². The highest BCUT2D eigenvalue weighted by atomic mass is 32.1. The van der Waals surface area contributed by atoms with Crippen molar-refractivity contribution in [3.05, 3.63) is 117 Å². The number of Topliss-reactive ketones (excluding diaryl/α,β-unsaturated/α-hetero) is 1. The number of hydrogen-bond acceptors (Lipinski definition) is 8. The Labute approximate surface area is 239 Å². The van der Waals surface area contributed by atoms with Crippen molar-refractivity contribution < 1.29 is 33.4 Å². The van der Waals surface area contributed by atoms with Crippen LogP contribution in [-0.4, -0.2) is 34.9 Å². The number of nitrogens with zero attached hydrogens (tertiary/aromatic N) is 2. The molecule has 0 spiro atoms. The normalized spacial score (nSPS) is 16.2. The van der Waals surface area contributed by atoms with E-state index in [1.807, 2.05) is 30.3 Å². The minimum absolute atomic E-state index is 0.0692. The van der Waals surface area contributed by atoms with Crippen LogP contribution in [-0.2, 0) is 20.9 Å². The van der Waals surface area contributed by atoms with Gasteiger partial charge in [-0.2, -0.15) is 0 Å². The predicted molar refractivity (Wildman–Crippen MR) is 151 cm³/mol. The lowest BCUT2D eigenvalue weighted by Gasteiger charge is -2.23. The van der Waals surface area contributed by atoms with Gasteiger partial charge in [0.1, 0.15) is 28.8 Å². The fourth-order valence-electron chi connectivity index (χ4n) is 4.64. The molecule has 1 atom stereocenters. The molecule has 1 saturated heterocycles. The molecular weight excluding hydrogens is 547 g/mol. The van der Waals surface area contributed by atoms with Crippen LogP contribution in [0.2, 0.25) is 0 Å². The Morgan fingerprint density at radius 1 is 1.05 bits per heavy atom. The maximum Gasteiger partial charge on any atom is 0.350 e. The third-order valence-corrected chi connectivity index (χ3v) is 7.83. The zero-order valence-electron chi connectivity index (χ0n) is 22.4. The molecule has 5 rings (SSSR count). The molecule has 1 aliphatic heterocycles. The monoisotopic (exact) mass is 572 g/mol. The lowest BCUT2D eigenvalue weighted by molar-refractivity contribution is -0.132. The number of esters is 1. The van der Waals surface area contributed by atoms with Crippen molar-refractivity contribution >= 4 is 39.9 Å². The number of aliphatic hydroxyl groups is 1. The number of rotatable bonds is 7. The lowest BCUT2D eigenvalue weighted by Crippen LogP contribution is -2.29. The SMILES string of the molecule is COC(=O)c1sc(N2C(=O)C(=O)/C(=C(/O)c3ccc(OCc4ccccc4)cc3C)C2c2ccc(F)cc2)nc1C. The van der Waals surface area contributed by atoms with Gasteiger partial charge in [0.05, 0.1) is 24.4 Å². The molecule has 1 aliphatic rings. The van der Waals surface area contributed by atoms with Crippen LogP contribution in [0.15, 0.2) is 78.4 Å². The number of ether oxygens (including phenoxy) is 2. The van der Waals surface area contributed by atoms with Gasteiger partial charge >= 0.3 is 11.9 Å². The molecule has 1 unspecified atom stereocenters. The van der Waals surface area contributed by atoms with Gasteiger partial charge in [-0.3, -0.25) is 14.5 Å². The average molecular weight is 573 g/mol. The molecule has 2 heterocycles. The fraction of sp³-hybridized carbons (Fsp3) is 0.161. The molecule has 41 heavy (non-hydrogen) atoms. The molecule has 1 aromatic heterocycles. The third kappa shape index (κ3) is 5.33. The highest BCUT2D eigenvalue weighted by molar-refractivity contribution is 7.17. The largest absolute Gasteiger partial charge is 0.507 e. The van der Waals surface area contributed by atoms with Crippen LogP contribution in [0.25, 0.3) is 5.76 Å². The summed E-state index contributed by atoms with van der Waals surface area (Å²) in [5, 5.41) is 11.6. The van der Waals surface area contributed by atoms with E-state index in [-0.39, 0.29) is 15.6 Å². The maximum atomic E-state index is 13.8. The number of thiazole rings is 1. The van der Waals surface area contributed by atoms with Gasteiger partial charge in [-0.1, -0.05) is 53.8 Å². The van der Waals surface area contributed by atoms with Crippen LogP contribution >= 0.6 is 11.3 Å². The molecule has 0 bridgehead atoms. The number of carbonyl (C=O) groups excluding carboxylic acids is 3. The van der Waals surface area contributed by atoms with Gasteiger partial charge in [-0.25, -0.2) is 14.2 Å². The van der Waals surface area contributed by atoms with E-state index in [1.54, 1.807) is 32.0 Å². The average Bonchev–Trinajstić information content (AvgIpc) is 3.48. The van der Waals surface area contributed by atoms with Crippen LogP contribution in [0.1, 0.15) is 43.7 Å². The van der Waals surface area contributed by atoms with Crippen molar-refractivity contribution in [1.29, 1.82) is 0 Å². The molecule has 208 valence electrons. The second kappa shape index (κ2) is 11.3. The van der Waals surface area contributed by atoms with Crippen LogP contribution in [0, 0.1) is 19.7 Å². The highest BCUT2D eigenvalue weighted by Crippen LogP contribution is 2.44. The van der Waals surface area contributed by atoms with E-state index < -0.39 is 35.3 Å². The number of carbonyl (C=O) groups is 3. The number of aryl methyl sites for hydroxylation is 2. The van der Waals surface area contributed by atoms with Crippen molar-refractivity contribution in [3.8, 4) is 5.75 Å².